The summed E-state index contributed by atoms with van der Waals surface area (Å²) in [6.45, 7) is 3.45. The number of hydrogen-bond acceptors (Lipinski definition) is 6. The summed E-state index contributed by atoms with van der Waals surface area (Å²) in [5, 5.41) is 11.9. The molecule has 2 aromatic heterocycles. The summed E-state index contributed by atoms with van der Waals surface area (Å²) in [5.74, 6) is -0.265. The zero-order valence-electron chi connectivity index (χ0n) is 20.3. The number of nitrogens with zero attached hydrogens (tertiary/aromatic N) is 4. The van der Waals surface area contributed by atoms with E-state index < -0.39 is 21.4 Å². The van der Waals surface area contributed by atoms with E-state index in [0.29, 0.717) is 24.5 Å². The Bertz CT molecular complexity index is 1330. The molecular formula is C25H31N5O4S. The van der Waals surface area contributed by atoms with Gasteiger partial charge < -0.3 is 9.47 Å². The molecule has 3 unspecified atom stereocenters. The molecule has 2 aliphatic carbocycles. The zero-order valence-corrected chi connectivity index (χ0v) is 21.1. The van der Waals surface area contributed by atoms with Crippen molar-refractivity contribution in [2.24, 2.45) is 11.8 Å². The van der Waals surface area contributed by atoms with Crippen molar-refractivity contribution in [3.63, 3.8) is 0 Å². The molecule has 2 fully saturated rings. The minimum absolute atomic E-state index is 0.125. The highest BCUT2D eigenvalue weighted by Crippen LogP contribution is 2.60. The molecule has 3 atom stereocenters. The third-order valence-electron chi connectivity index (χ3n) is 8.40. The van der Waals surface area contributed by atoms with Crippen LogP contribution in [0, 0.1) is 11.8 Å². The molecule has 0 radical (unpaired) electrons. The molecule has 3 heterocycles. The van der Waals surface area contributed by atoms with Crippen LogP contribution in [0.3, 0.4) is 0 Å². The van der Waals surface area contributed by atoms with Gasteiger partial charge in [-0.2, -0.15) is 22.9 Å². The second kappa shape index (κ2) is 7.99. The van der Waals surface area contributed by atoms with Crippen LogP contribution in [0.1, 0.15) is 43.0 Å². The summed E-state index contributed by atoms with van der Waals surface area (Å²) in [4.78, 5) is 0. The van der Waals surface area contributed by atoms with Gasteiger partial charge in [-0.3, -0.25) is 5.10 Å². The van der Waals surface area contributed by atoms with E-state index >= 15 is 0 Å². The van der Waals surface area contributed by atoms with Gasteiger partial charge in [-0.25, -0.2) is 0 Å². The largest absolute Gasteiger partial charge is 0.347 e. The molecule has 6 rings (SSSR count). The first kappa shape index (κ1) is 22.9. The molecular weight excluding hydrogens is 466 g/mol. The number of ether oxygens (including phenoxy) is 2. The van der Waals surface area contributed by atoms with Gasteiger partial charge in [-0.1, -0.05) is 37.3 Å². The third kappa shape index (κ3) is 3.13. The Hall–Kier alpha value is -2.53. The topological polar surface area (TPSA) is 102 Å². The van der Waals surface area contributed by atoms with Crippen LogP contribution in [0.5, 0.6) is 0 Å². The predicted molar refractivity (Wildman–Crippen MR) is 130 cm³/mol. The first-order chi connectivity index (χ1) is 16.8. The monoisotopic (exact) mass is 497 g/mol. The van der Waals surface area contributed by atoms with Gasteiger partial charge in [-0.05, 0) is 30.7 Å². The lowest BCUT2D eigenvalue weighted by Crippen LogP contribution is -2.56. The van der Waals surface area contributed by atoms with Crippen LogP contribution in [0.2, 0.25) is 0 Å². The Kier molecular flexibility index (Phi) is 5.23. The summed E-state index contributed by atoms with van der Waals surface area (Å²) >= 11 is 0. The summed E-state index contributed by atoms with van der Waals surface area (Å²) in [6, 6.07) is 10.4. The Morgan fingerprint density at radius 1 is 1.14 bits per heavy atom. The van der Waals surface area contributed by atoms with Gasteiger partial charge in [0.15, 0.2) is 5.79 Å². The van der Waals surface area contributed by atoms with E-state index in [4.69, 9.17) is 14.6 Å². The fraction of sp³-hybridized carbons (Fsp3) is 0.520. The van der Waals surface area contributed by atoms with Gasteiger partial charge in [0, 0.05) is 49.2 Å². The third-order valence-corrected chi connectivity index (χ3v) is 10.0. The van der Waals surface area contributed by atoms with Gasteiger partial charge in [0.05, 0.1) is 30.8 Å². The van der Waals surface area contributed by atoms with Gasteiger partial charge in [-0.15, -0.1) is 4.09 Å². The molecule has 1 spiro atoms. The van der Waals surface area contributed by atoms with Crippen LogP contribution in [-0.4, -0.2) is 65.2 Å². The number of hydrogen-bond donors (Lipinski definition) is 1. The van der Waals surface area contributed by atoms with Crippen molar-refractivity contribution in [1.82, 2.24) is 23.7 Å². The zero-order chi connectivity index (χ0) is 24.4. The fourth-order valence-electron chi connectivity index (χ4n) is 6.73. The van der Waals surface area contributed by atoms with Crippen molar-refractivity contribution >= 4 is 10.2 Å². The van der Waals surface area contributed by atoms with Gasteiger partial charge >= 0.3 is 10.2 Å². The first-order valence-electron chi connectivity index (χ1n) is 12.2. The van der Waals surface area contributed by atoms with Crippen LogP contribution in [0.4, 0.5) is 0 Å². The molecule has 1 aliphatic heterocycles. The molecule has 10 heteroatoms. The van der Waals surface area contributed by atoms with E-state index in [1.807, 2.05) is 6.07 Å². The Labute approximate surface area is 205 Å². The maximum atomic E-state index is 13.5. The number of fused-ring (bicyclic) bond motifs is 3. The molecule has 9 nitrogen and oxygen atoms in total. The Balaban J connectivity index is 1.63. The highest BCUT2D eigenvalue weighted by Gasteiger charge is 2.61. The lowest BCUT2D eigenvalue weighted by molar-refractivity contribution is -0.232. The van der Waals surface area contributed by atoms with Crippen LogP contribution < -0.4 is 0 Å². The van der Waals surface area contributed by atoms with Gasteiger partial charge in [0.25, 0.3) is 0 Å². The molecule has 186 valence electrons. The van der Waals surface area contributed by atoms with E-state index in [-0.39, 0.29) is 11.8 Å². The summed E-state index contributed by atoms with van der Waals surface area (Å²) in [6.07, 6.45) is 6.50. The van der Waals surface area contributed by atoms with E-state index in [9.17, 15) is 8.42 Å². The molecule has 0 bridgehead atoms. The normalized spacial score (nSPS) is 27.8. The van der Waals surface area contributed by atoms with Crippen molar-refractivity contribution in [3.8, 4) is 11.3 Å². The van der Waals surface area contributed by atoms with E-state index in [0.717, 1.165) is 42.5 Å². The second-order valence-corrected chi connectivity index (χ2v) is 12.0. The number of H-pyrrole nitrogens is 1. The smallest absolute Gasteiger partial charge is 0.323 e. The summed E-state index contributed by atoms with van der Waals surface area (Å²) in [7, 11) is -0.795. The number of nitrogens with one attached hydrogen (secondary N) is 1. The molecule has 0 amide bonds. The highest BCUT2D eigenvalue weighted by atomic mass is 32.2. The molecule has 3 aliphatic rings. The maximum absolute atomic E-state index is 13.5. The van der Waals surface area contributed by atoms with E-state index in [1.165, 1.54) is 22.5 Å². The van der Waals surface area contributed by atoms with Gasteiger partial charge in [0.1, 0.15) is 0 Å². The van der Waals surface area contributed by atoms with Crippen molar-refractivity contribution in [2.45, 2.75) is 43.8 Å². The second-order valence-electron chi connectivity index (χ2n) is 10.1. The van der Waals surface area contributed by atoms with Crippen molar-refractivity contribution in [2.75, 3.05) is 27.3 Å². The van der Waals surface area contributed by atoms with Crippen LogP contribution >= 0.6 is 0 Å². The molecule has 1 saturated carbocycles. The maximum Gasteiger partial charge on any atom is 0.323 e. The first-order valence-corrected chi connectivity index (χ1v) is 13.6. The average Bonchev–Trinajstić information content (AvgIpc) is 3.62. The number of benzene rings is 1. The van der Waals surface area contributed by atoms with Crippen molar-refractivity contribution in [3.05, 3.63) is 59.5 Å². The Morgan fingerprint density at radius 3 is 2.54 bits per heavy atom. The SMILES string of the molecule is CC1C2CCc3c(nn(S(=O)(=O)N(C)C)c3-c3cn[nH]c3)C2(c2ccccc2)CCC12OCCO2. The van der Waals surface area contributed by atoms with E-state index in [1.54, 1.807) is 12.4 Å². The molecule has 35 heavy (non-hydrogen) atoms. The van der Waals surface area contributed by atoms with Gasteiger partial charge in [0.2, 0.25) is 0 Å². The Morgan fingerprint density at radius 2 is 1.89 bits per heavy atom. The standard InChI is InChI=1S/C25H31N5O4S/c1-17-21-10-9-20-22(18-15-26-27-16-18)30(35(31,32)29(2)3)28-23(20)24(21,19-7-5-4-6-8-19)11-12-25(17)33-13-14-34-25/h4-8,15-17,21H,9-14H2,1-3H3,(H,26,27). The summed E-state index contributed by atoms with van der Waals surface area (Å²) in [5.41, 5.74) is 3.86. The number of aromatic nitrogens is 4. The lowest BCUT2D eigenvalue weighted by Gasteiger charge is -2.55. The molecule has 1 aromatic carbocycles. The number of rotatable bonds is 4. The fourth-order valence-corrected chi connectivity index (χ4v) is 7.67. The summed E-state index contributed by atoms with van der Waals surface area (Å²) < 4.78 is 41.9. The highest BCUT2D eigenvalue weighted by molar-refractivity contribution is 7.87. The van der Waals surface area contributed by atoms with E-state index in [2.05, 4.69) is 41.4 Å². The van der Waals surface area contributed by atoms with Crippen LogP contribution in [0.25, 0.3) is 11.3 Å². The van der Waals surface area contributed by atoms with Crippen molar-refractivity contribution < 1.29 is 17.9 Å². The van der Waals surface area contributed by atoms with Crippen LogP contribution in [-0.2, 0) is 31.5 Å². The quantitative estimate of drug-likeness (QED) is 0.595. The predicted octanol–water partition coefficient (Wildman–Crippen LogP) is 2.95. The minimum Gasteiger partial charge on any atom is -0.347 e. The number of aromatic amines is 1. The minimum atomic E-state index is -3.86. The molecule has 3 aromatic rings. The lowest BCUT2D eigenvalue weighted by atomic mass is 9.52. The molecule has 1 saturated heterocycles. The van der Waals surface area contributed by atoms with Crippen LogP contribution in [0.15, 0.2) is 42.7 Å². The molecule has 1 N–H and O–H groups in total. The average molecular weight is 498 g/mol. The van der Waals surface area contributed by atoms with Crippen molar-refractivity contribution in [1.29, 1.82) is 0 Å².